The average molecular weight is 478 g/mol. The first-order chi connectivity index (χ1) is 15.6. The van der Waals surface area contributed by atoms with Gasteiger partial charge in [-0.15, -0.1) is 0 Å². The molecular weight excluding hydrogens is 448 g/mol. The number of hydrogen-bond acceptors (Lipinski definition) is 4. The highest BCUT2D eigenvalue weighted by Gasteiger charge is 2.32. The van der Waals surface area contributed by atoms with Gasteiger partial charge in [0.15, 0.2) is 0 Å². The van der Waals surface area contributed by atoms with Gasteiger partial charge in [-0.2, -0.15) is 0 Å². The first-order valence-corrected chi connectivity index (χ1v) is 11.9. The van der Waals surface area contributed by atoms with Crippen LogP contribution in [-0.4, -0.2) is 35.7 Å². The molecule has 1 heterocycles. The van der Waals surface area contributed by atoms with Gasteiger partial charge in [0.1, 0.15) is 29.1 Å². The van der Waals surface area contributed by atoms with Gasteiger partial charge < -0.3 is 9.47 Å². The Kier molecular flexibility index (Phi) is 6.96. The Hall–Kier alpha value is -2.18. The highest BCUT2D eigenvalue weighted by atomic mass is 35.5. The molecule has 7 heteroatoms. The van der Waals surface area contributed by atoms with Crippen molar-refractivity contribution in [1.82, 2.24) is 4.90 Å². The van der Waals surface area contributed by atoms with Gasteiger partial charge in [0.05, 0.1) is 5.56 Å². The van der Waals surface area contributed by atoms with E-state index < -0.39 is 17.4 Å². The second-order valence-electron chi connectivity index (χ2n) is 10.00. The number of ether oxygens (including phenoxy) is 2. The summed E-state index contributed by atoms with van der Waals surface area (Å²) in [6, 6.07) is 7.39. The Bertz CT molecular complexity index is 1030. The van der Waals surface area contributed by atoms with Gasteiger partial charge in [-0.1, -0.05) is 17.7 Å². The number of halogens is 3. The number of carbonyl (C=O) groups excluding carboxylic acids is 1. The number of likely N-dealkylation sites (tertiary alicyclic amines) is 1. The maximum Gasteiger partial charge on any atom is 0.341 e. The average Bonchev–Trinajstić information content (AvgIpc) is 3.54. The van der Waals surface area contributed by atoms with Crippen LogP contribution in [-0.2, 0) is 11.3 Å². The third-order valence-corrected chi connectivity index (χ3v) is 6.25. The maximum atomic E-state index is 14.9. The van der Waals surface area contributed by atoms with E-state index in [0.717, 1.165) is 43.4 Å². The number of rotatable bonds is 6. The summed E-state index contributed by atoms with van der Waals surface area (Å²) in [6.07, 6.45) is 3.67. The van der Waals surface area contributed by atoms with E-state index >= 15 is 0 Å². The smallest absolute Gasteiger partial charge is 0.341 e. The molecule has 0 bridgehead atoms. The second-order valence-corrected chi connectivity index (χ2v) is 10.4. The van der Waals surface area contributed by atoms with Gasteiger partial charge in [0.25, 0.3) is 0 Å². The Balaban J connectivity index is 1.48. The van der Waals surface area contributed by atoms with Crippen molar-refractivity contribution in [3.63, 3.8) is 0 Å². The minimum atomic E-state index is -0.697. The van der Waals surface area contributed by atoms with E-state index in [1.165, 1.54) is 18.2 Å². The Morgan fingerprint density at radius 3 is 2.58 bits per heavy atom. The minimum absolute atomic E-state index is 0.0459. The fraction of sp³-hybridized carbons (Fsp3) is 0.500. The summed E-state index contributed by atoms with van der Waals surface area (Å²) in [6.45, 7) is 7.42. The SMILES string of the molecule is CC(C)(C)OC(=O)c1cc(C2CC2)c(O[C@@H]2CCCN(Cc3ccc(F)cc3Cl)C2)cc1F. The van der Waals surface area contributed by atoms with Crippen LogP contribution in [0.5, 0.6) is 5.75 Å². The molecule has 0 spiro atoms. The molecule has 1 atom stereocenters. The van der Waals surface area contributed by atoms with Crippen LogP contribution in [0, 0.1) is 11.6 Å². The maximum absolute atomic E-state index is 14.9. The standard InChI is InChI=1S/C26H30ClF2NO3/c1-26(2,3)33-25(31)21-12-20(16-6-7-16)24(13-23(21)29)32-19-5-4-10-30(15-19)14-17-8-9-18(28)11-22(17)27/h8-9,11-13,16,19H,4-7,10,14-15H2,1-3H3/t19-/m1/s1. The lowest BCUT2D eigenvalue weighted by molar-refractivity contribution is 0.00644. The van der Waals surface area contributed by atoms with E-state index in [9.17, 15) is 13.6 Å². The van der Waals surface area contributed by atoms with Crippen LogP contribution in [0.4, 0.5) is 8.78 Å². The zero-order chi connectivity index (χ0) is 23.8. The lowest BCUT2D eigenvalue weighted by Gasteiger charge is -2.33. The van der Waals surface area contributed by atoms with E-state index in [-0.39, 0.29) is 23.4 Å². The number of hydrogen-bond donors (Lipinski definition) is 0. The van der Waals surface area contributed by atoms with Gasteiger partial charge >= 0.3 is 5.97 Å². The van der Waals surface area contributed by atoms with E-state index in [4.69, 9.17) is 21.1 Å². The van der Waals surface area contributed by atoms with Crippen LogP contribution in [0.15, 0.2) is 30.3 Å². The van der Waals surface area contributed by atoms with Gasteiger partial charge in [-0.05, 0) is 88.2 Å². The summed E-state index contributed by atoms with van der Waals surface area (Å²) in [5.74, 6) is -0.857. The lowest BCUT2D eigenvalue weighted by Crippen LogP contribution is -2.40. The topological polar surface area (TPSA) is 38.8 Å². The highest BCUT2D eigenvalue weighted by Crippen LogP contribution is 2.45. The summed E-state index contributed by atoms with van der Waals surface area (Å²) in [5.41, 5.74) is 0.994. The van der Waals surface area contributed by atoms with E-state index in [1.807, 2.05) is 0 Å². The quantitative estimate of drug-likeness (QED) is 0.445. The van der Waals surface area contributed by atoms with Gasteiger partial charge in [-0.25, -0.2) is 13.6 Å². The van der Waals surface area contributed by atoms with Gasteiger partial charge in [-0.3, -0.25) is 4.90 Å². The third-order valence-electron chi connectivity index (χ3n) is 5.90. The van der Waals surface area contributed by atoms with Crippen molar-refractivity contribution < 1.29 is 23.0 Å². The van der Waals surface area contributed by atoms with Gasteiger partial charge in [0.2, 0.25) is 0 Å². The Morgan fingerprint density at radius 2 is 1.91 bits per heavy atom. The monoisotopic (exact) mass is 477 g/mol. The van der Waals surface area contributed by atoms with Crippen molar-refractivity contribution in [2.45, 2.75) is 70.6 Å². The molecule has 1 saturated carbocycles. The number of piperidine rings is 1. The fourth-order valence-corrected chi connectivity index (χ4v) is 4.43. The van der Waals surface area contributed by atoms with Crippen molar-refractivity contribution in [3.05, 3.63) is 63.7 Å². The fourth-order valence-electron chi connectivity index (χ4n) is 4.20. The summed E-state index contributed by atoms with van der Waals surface area (Å²) >= 11 is 6.20. The van der Waals surface area contributed by atoms with E-state index in [2.05, 4.69) is 4.90 Å². The van der Waals surface area contributed by atoms with Crippen molar-refractivity contribution in [3.8, 4) is 5.75 Å². The van der Waals surface area contributed by atoms with Crippen molar-refractivity contribution in [1.29, 1.82) is 0 Å². The molecule has 4 rings (SSSR count). The molecule has 4 nitrogen and oxygen atoms in total. The number of carbonyl (C=O) groups is 1. The van der Waals surface area contributed by atoms with Crippen molar-refractivity contribution in [2.75, 3.05) is 13.1 Å². The zero-order valence-corrected chi connectivity index (χ0v) is 20.1. The van der Waals surface area contributed by atoms with Crippen molar-refractivity contribution in [2.24, 2.45) is 0 Å². The molecule has 2 aromatic carbocycles. The second kappa shape index (κ2) is 9.59. The molecule has 2 aromatic rings. The highest BCUT2D eigenvalue weighted by molar-refractivity contribution is 6.31. The lowest BCUT2D eigenvalue weighted by atomic mass is 10.0. The first kappa shape index (κ1) is 24.0. The third kappa shape index (κ3) is 6.24. The van der Waals surface area contributed by atoms with Crippen LogP contribution < -0.4 is 4.74 Å². The molecule has 0 aromatic heterocycles. The molecule has 178 valence electrons. The predicted molar refractivity (Wildman–Crippen MR) is 124 cm³/mol. The molecule has 2 aliphatic rings. The molecule has 1 aliphatic carbocycles. The van der Waals surface area contributed by atoms with E-state index in [0.29, 0.717) is 23.9 Å². The molecule has 2 fully saturated rings. The summed E-state index contributed by atoms with van der Waals surface area (Å²) in [4.78, 5) is 14.7. The Morgan fingerprint density at radius 1 is 1.15 bits per heavy atom. The van der Waals surface area contributed by atoms with Crippen molar-refractivity contribution >= 4 is 17.6 Å². The van der Waals surface area contributed by atoms with Crippen LogP contribution in [0.1, 0.15) is 73.9 Å². The summed E-state index contributed by atoms with van der Waals surface area (Å²) in [5, 5.41) is 0.411. The zero-order valence-electron chi connectivity index (χ0n) is 19.3. The summed E-state index contributed by atoms with van der Waals surface area (Å²) in [7, 11) is 0. The van der Waals surface area contributed by atoms with Crippen LogP contribution >= 0.6 is 11.6 Å². The molecule has 0 N–H and O–H groups in total. The largest absolute Gasteiger partial charge is 0.489 e. The summed E-state index contributed by atoms with van der Waals surface area (Å²) < 4.78 is 39.9. The van der Waals surface area contributed by atoms with Crippen LogP contribution in [0.25, 0.3) is 0 Å². The predicted octanol–water partition coefficient (Wildman–Crippen LogP) is 6.49. The molecule has 0 unspecified atom stereocenters. The minimum Gasteiger partial charge on any atom is -0.489 e. The Labute approximate surface area is 198 Å². The van der Waals surface area contributed by atoms with E-state index in [1.54, 1.807) is 32.9 Å². The number of esters is 1. The molecule has 1 aliphatic heterocycles. The molecule has 0 amide bonds. The number of nitrogens with zero attached hydrogens (tertiary/aromatic N) is 1. The van der Waals surface area contributed by atoms with Crippen LogP contribution in [0.3, 0.4) is 0 Å². The molecule has 0 radical (unpaired) electrons. The normalized spacial score (nSPS) is 19.4. The first-order valence-electron chi connectivity index (χ1n) is 11.5. The molecule has 1 saturated heterocycles. The molecular formula is C26H30ClF2NO3. The molecule has 33 heavy (non-hydrogen) atoms. The van der Waals surface area contributed by atoms with Gasteiger partial charge in [0, 0.05) is 24.2 Å². The van der Waals surface area contributed by atoms with Crippen LogP contribution in [0.2, 0.25) is 5.02 Å². The number of benzene rings is 2.